The lowest BCUT2D eigenvalue weighted by Gasteiger charge is -2.43. The van der Waals surface area contributed by atoms with Crippen molar-refractivity contribution in [2.75, 3.05) is 20.3 Å². The molecule has 1 aromatic heterocycles. The molecule has 0 aliphatic carbocycles. The van der Waals surface area contributed by atoms with Gasteiger partial charge < -0.3 is 24.3 Å². The third kappa shape index (κ3) is 5.24. The summed E-state index contributed by atoms with van der Waals surface area (Å²) in [4.78, 5) is 44.8. The van der Waals surface area contributed by atoms with E-state index in [0.717, 1.165) is 11.1 Å². The summed E-state index contributed by atoms with van der Waals surface area (Å²) in [5.74, 6) is -1.41. The zero-order chi connectivity index (χ0) is 24.2. The number of fused-ring (bicyclic) bond motifs is 1. The van der Waals surface area contributed by atoms with Crippen LogP contribution in [0.25, 0.3) is 0 Å². The van der Waals surface area contributed by atoms with Crippen molar-refractivity contribution in [3.05, 3.63) is 53.1 Å². The summed E-state index contributed by atoms with van der Waals surface area (Å²) in [6.07, 6.45) is 2.20. The number of aromatic nitrogens is 2. The van der Waals surface area contributed by atoms with E-state index >= 15 is 0 Å². The lowest BCUT2D eigenvalue weighted by molar-refractivity contribution is -0.133. The van der Waals surface area contributed by atoms with Gasteiger partial charge in [-0.1, -0.05) is 29.8 Å². The van der Waals surface area contributed by atoms with Gasteiger partial charge in [-0.2, -0.15) is 0 Å². The number of carbonyl (C=O) groups is 3. The molecule has 0 saturated carbocycles. The normalized spacial score (nSPS) is 17.8. The molecule has 0 fully saturated rings. The number of aryl methyl sites for hydroxylation is 1. The van der Waals surface area contributed by atoms with E-state index in [1.165, 1.54) is 18.3 Å². The van der Waals surface area contributed by atoms with Gasteiger partial charge in [-0.05, 0) is 39.7 Å². The average molecular weight is 457 g/mol. The van der Waals surface area contributed by atoms with Gasteiger partial charge in [0.05, 0.1) is 26.1 Å². The number of imidazole rings is 1. The minimum atomic E-state index is -1.18. The molecule has 2 amide bonds. The number of benzene rings is 1. The number of nitrogens with zero attached hydrogens (tertiary/aromatic N) is 3. The minimum absolute atomic E-state index is 0.0512. The summed E-state index contributed by atoms with van der Waals surface area (Å²) in [5, 5.41) is 2.95. The number of hydrogen-bond donors (Lipinski definition) is 1. The molecule has 1 atom stereocenters. The quantitative estimate of drug-likeness (QED) is 0.459. The number of nitrogens with one attached hydrogen (secondary N) is 1. The first-order chi connectivity index (χ1) is 15.7. The van der Waals surface area contributed by atoms with Gasteiger partial charge in [0, 0.05) is 19.7 Å². The predicted molar refractivity (Wildman–Crippen MR) is 122 cm³/mol. The van der Waals surface area contributed by atoms with Crippen LogP contribution in [0, 0.1) is 6.92 Å². The maximum absolute atomic E-state index is 13.6. The maximum Gasteiger partial charge on any atom is 0.359 e. The van der Waals surface area contributed by atoms with Crippen LogP contribution in [0.3, 0.4) is 0 Å². The van der Waals surface area contributed by atoms with Crippen LogP contribution in [-0.2, 0) is 27.4 Å². The fraction of sp³-hybridized carbons (Fsp3) is 0.500. The van der Waals surface area contributed by atoms with Gasteiger partial charge >= 0.3 is 5.97 Å². The lowest BCUT2D eigenvalue weighted by Crippen LogP contribution is -2.63. The van der Waals surface area contributed by atoms with Crippen molar-refractivity contribution in [2.24, 2.45) is 0 Å². The minimum Gasteiger partial charge on any atom is -0.464 e. The second-order valence-electron chi connectivity index (χ2n) is 8.74. The van der Waals surface area contributed by atoms with E-state index in [0.29, 0.717) is 19.6 Å². The third-order valence-corrected chi connectivity index (χ3v) is 5.75. The number of hydrogen-bond acceptors (Lipinski definition) is 6. The Kier molecular flexibility index (Phi) is 7.53. The Morgan fingerprint density at radius 1 is 1.24 bits per heavy atom. The molecule has 1 aliphatic rings. The van der Waals surface area contributed by atoms with Crippen molar-refractivity contribution in [3.63, 3.8) is 0 Å². The Labute approximate surface area is 194 Å². The monoisotopic (exact) mass is 456 g/mol. The van der Waals surface area contributed by atoms with Crippen LogP contribution in [0.5, 0.6) is 0 Å². The molecule has 9 nitrogen and oxygen atoms in total. The van der Waals surface area contributed by atoms with Crippen LogP contribution in [0.4, 0.5) is 0 Å². The van der Waals surface area contributed by atoms with Gasteiger partial charge in [-0.25, -0.2) is 9.78 Å². The fourth-order valence-corrected chi connectivity index (χ4v) is 3.84. The lowest BCUT2D eigenvalue weighted by atomic mass is 9.93. The van der Waals surface area contributed by atoms with Gasteiger partial charge in [-0.15, -0.1) is 0 Å². The van der Waals surface area contributed by atoms with E-state index in [-0.39, 0.29) is 36.5 Å². The zero-order valence-corrected chi connectivity index (χ0v) is 19.9. The highest BCUT2D eigenvalue weighted by molar-refractivity contribution is 6.06. The largest absolute Gasteiger partial charge is 0.464 e. The average Bonchev–Trinajstić information content (AvgIpc) is 3.20. The SMILES string of the molecule is COC(=O)c1ncn2c1C(=O)N(Cc1ccc(C)cc1)[C@@](C)(C(=O)NCCCOC(C)C)C2. The molecular formula is C24H32N4O5. The number of methoxy groups -OCH3 is 1. The van der Waals surface area contributed by atoms with Crippen LogP contribution in [0.15, 0.2) is 30.6 Å². The molecular weight excluding hydrogens is 424 g/mol. The molecule has 0 radical (unpaired) electrons. The molecule has 0 spiro atoms. The summed E-state index contributed by atoms with van der Waals surface area (Å²) in [7, 11) is 1.24. The maximum atomic E-state index is 13.6. The summed E-state index contributed by atoms with van der Waals surface area (Å²) in [5.41, 5.74) is 0.876. The highest BCUT2D eigenvalue weighted by Gasteiger charge is 2.48. The van der Waals surface area contributed by atoms with Crippen LogP contribution in [0.2, 0.25) is 0 Å². The number of ether oxygens (including phenoxy) is 2. The highest BCUT2D eigenvalue weighted by atomic mass is 16.5. The second-order valence-corrected chi connectivity index (χ2v) is 8.74. The van der Waals surface area contributed by atoms with Crippen LogP contribution in [-0.4, -0.2) is 64.1 Å². The second kappa shape index (κ2) is 10.2. The predicted octanol–water partition coefficient (Wildman–Crippen LogP) is 2.32. The molecule has 9 heteroatoms. The number of rotatable bonds is 9. The van der Waals surface area contributed by atoms with Crippen molar-refractivity contribution in [2.45, 2.75) is 58.8 Å². The van der Waals surface area contributed by atoms with E-state index in [1.807, 2.05) is 45.0 Å². The molecule has 1 aliphatic heterocycles. The summed E-state index contributed by atoms with van der Waals surface area (Å²) in [6.45, 7) is 8.98. The molecule has 0 unspecified atom stereocenters. The summed E-state index contributed by atoms with van der Waals surface area (Å²) in [6, 6.07) is 7.77. The Morgan fingerprint density at radius 3 is 2.58 bits per heavy atom. The van der Waals surface area contributed by atoms with Crippen LogP contribution >= 0.6 is 0 Å². The molecule has 1 N–H and O–H groups in total. The van der Waals surface area contributed by atoms with Crippen molar-refractivity contribution in [1.29, 1.82) is 0 Å². The van der Waals surface area contributed by atoms with Gasteiger partial charge in [-0.3, -0.25) is 9.59 Å². The standard InChI is InChI=1S/C24H32N4O5/c1-16(2)33-12-6-11-25-23(31)24(4)14-27-15-26-19(22(30)32-5)20(27)21(29)28(24)13-18-9-7-17(3)8-10-18/h7-10,15-16H,6,11-14H2,1-5H3,(H,25,31)/t24-/m1/s1. The topological polar surface area (TPSA) is 103 Å². The van der Waals surface area contributed by atoms with Gasteiger partial charge in [0.1, 0.15) is 11.2 Å². The van der Waals surface area contributed by atoms with Crippen molar-refractivity contribution >= 4 is 17.8 Å². The van der Waals surface area contributed by atoms with Crippen LogP contribution in [0.1, 0.15) is 59.3 Å². The van der Waals surface area contributed by atoms with Gasteiger partial charge in [0.25, 0.3) is 5.91 Å². The smallest absolute Gasteiger partial charge is 0.359 e. The molecule has 33 heavy (non-hydrogen) atoms. The number of amides is 2. The Hall–Kier alpha value is -3.20. The first kappa shape index (κ1) is 24.4. The van der Waals surface area contributed by atoms with Crippen molar-refractivity contribution < 1.29 is 23.9 Å². The Balaban J connectivity index is 1.89. The van der Waals surface area contributed by atoms with Crippen molar-refractivity contribution in [3.8, 4) is 0 Å². The van der Waals surface area contributed by atoms with Crippen LogP contribution < -0.4 is 5.32 Å². The molecule has 0 saturated heterocycles. The molecule has 2 heterocycles. The molecule has 0 bridgehead atoms. The van der Waals surface area contributed by atoms with E-state index in [9.17, 15) is 14.4 Å². The Bertz CT molecular complexity index is 1010. The first-order valence-electron chi connectivity index (χ1n) is 11.1. The number of esters is 1. The van der Waals surface area contributed by atoms with E-state index in [1.54, 1.807) is 11.5 Å². The highest BCUT2D eigenvalue weighted by Crippen LogP contribution is 2.30. The molecule has 1 aromatic carbocycles. The fourth-order valence-electron chi connectivity index (χ4n) is 3.84. The van der Waals surface area contributed by atoms with E-state index in [4.69, 9.17) is 9.47 Å². The molecule has 178 valence electrons. The molecule has 3 rings (SSSR count). The molecule has 2 aromatic rings. The zero-order valence-electron chi connectivity index (χ0n) is 19.9. The van der Waals surface area contributed by atoms with Crippen molar-refractivity contribution in [1.82, 2.24) is 19.8 Å². The van der Waals surface area contributed by atoms with Gasteiger partial charge in [0.15, 0.2) is 5.69 Å². The number of carbonyl (C=O) groups excluding carboxylic acids is 3. The first-order valence-corrected chi connectivity index (χ1v) is 11.1. The summed E-state index contributed by atoms with van der Waals surface area (Å²) < 4.78 is 11.9. The third-order valence-electron chi connectivity index (χ3n) is 5.75. The Morgan fingerprint density at radius 2 is 1.94 bits per heavy atom. The van der Waals surface area contributed by atoms with E-state index in [2.05, 4.69) is 10.3 Å². The summed E-state index contributed by atoms with van der Waals surface area (Å²) >= 11 is 0. The van der Waals surface area contributed by atoms with E-state index < -0.39 is 17.4 Å². The van der Waals surface area contributed by atoms with Gasteiger partial charge in [0.2, 0.25) is 5.91 Å².